The van der Waals surface area contributed by atoms with E-state index in [1.807, 2.05) is 0 Å². The van der Waals surface area contributed by atoms with Crippen LogP contribution >= 0.6 is 23.2 Å². The summed E-state index contributed by atoms with van der Waals surface area (Å²) in [4.78, 5) is 16.0. The molecule has 2 aromatic carbocycles. The summed E-state index contributed by atoms with van der Waals surface area (Å²) in [6.07, 6.45) is 0. The van der Waals surface area contributed by atoms with Crippen LogP contribution in [0.1, 0.15) is 10.4 Å². The van der Waals surface area contributed by atoms with Crippen LogP contribution in [-0.4, -0.2) is 18.1 Å². The number of aromatic carboxylic acids is 1. The number of pyridine rings is 1. The molecule has 116 valence electrons. The minimum atomic E-state index is -1.31. The van der Waals surface area contributed by atoms with Gasteiger partial charge in [0.25, 0.3) is 0 Å². The SMILES string of the molecule is COc1cccc2c(C(=O)[O-])cc(-c3c(Cl)cccc3Cl)nc12. The topological polar surface area (TPSA) is 62.2 Å². The van der Waals surface area contributed by atoms with Gasteiger partial charge in [-0.15, -0.1) is 0 Å². The van der Waals surface area contributed by atoms with E-state index in [0.717, 1.165) is 0 Å². The molecule has 0 fully saturated rings. The van der Waals surface area contributed by atoms with Crippen LogP contribution in [-0.2, 0) is 0 Å². The van der Waals surface area contributed by atoms with E-state index in [-0.39, 0.29) is 5.56 Å². The number of carboxylic acid groups (broad SMARTS) is 1. The lowest BCUT2D eigenvalue weighted by Crippen LogP contribution is -2.22. The number of ether oxygens (including phenoxy) is 1. The molecule has 1 heterocycles. The lowest BCUT2D eigenvalue weighted by Gasteiger charge is -2.14. The minimum absolute atomic E-state index is 0.000105. The van der Waals surface area contributed by atoms with Crippen molar-refractivity contribution in [3.63, 3.8) is 0 Å². The van der Waals surface area contributed by atoms with E-state index in [9.17, 15) is 9.90 Å². The Balaban J connectivity index is 2.41. The van der Waals surface area contributed by atoms with Gasteiger partial charge in [-0.25, -0.2) is 4.98 Å². The van der Waals surface area contributed by atoms with Crippen LogP contribution in [0.4, 0.5) is 0 Å². The van der Waals surface area contributed by atoms with E-state index in [0.29, 0.717) is 38.0 Å². The predicted octanol–water partition coefficient (Wildman–Crippen LogP) is 3.58. The number of nitrogens with zero attached hydrogens (tertiary/aromatic N) is 1. The van der Waals surface area contributed by atoms with Gasteiger partial charge in [0.2, 0.25) is 0 Å². The van der Waals surface area contributed by atoms with Gasteiger partial charge in [-0.1, -0.05) is 41.4 Å². The van der Waals surface area contributed by atoms with E-state index in [2.05, 4.69) is 4.98 Å². The summed E-state index contributed by atoms with van der Waals surface area (Å²) in [5.74, 6) is -0.856. The van der Waals surface area contributed by atoms with Crippen LogP contribution in [0.25, 0.3) is 22.2 Å². The standard InChI is InChI=1S/C17H11Cl2NO3/c1-23-14-7-2-4-9-10(17(21)22)8-13(20-16(9)14)15-11(18)5-3-6-12(15)19/h2-8H,1H3,(H,21,22)/p-1. The largest absolute Gasteiger partial charge is 0.545 e. The van der Waals surface area contributed by atoms with Crippen molar-refractivity contribution in [3.8, 4) is 17.0 Å². The fourth-order valence-electron chi connectivity index (χ4n) is 2.43. The zero-order chi connectivity index (χ0) is 16.6. The molecule has 0 saturated heterocycles. The molecule has 0 saturated carbocycles. The average Bonchev–Trinajstić information content (AvgIpc) is 2.53. The monoisotopic (exact) mass is 346 g/mol. The molecule has 0 aliphatic rings. The first-order valence-electron chi connectivity index (χ1n) is 6.66. The van der Waals surface area contributed by atoms with Crippen LogP contribution in [0.2, 0.25) is 10.0 Å². The van der Waals surface area contributed by atoms with Gasteiger partial charge in [0.05, 0.1) is 28.8 Å². The van der Waals surface area contributed by atoms with Gasteiger partial charge >= 0.3 is 0 Å². The lowest BCUT2D eigenvalue weighted by atomic mass is 10.0. The number of rotatable bonds is 3. The Labute approximate surface area is 142 Å². The molecule has 3 aromatic rings. The third-order valence-corrected chi connectivity index (χ3v) is 4.09. The second-order valence-corrected chi connectivity index (χ2v) is 5.61. The van der Waals surface area contributed by atoms with Crippen molar-refractivity contribution in [2.45, 2.75) is 0 Å². The molecule has 0 spiro atoms. The highest BCUT2D eigenvalue weighted by molar-refractivity contribution is 6.39. The highest BCUT2D eigenvalue weighted by Crippen LogP contribution is 2.36. The molecule has 3 rings (SSSR count). The maximum Gasteiger partial charge on any atom is 0.145 e. The van der Waals surface area contributed by atoms with Crippen molar-refractivity contribution in [2.75, 3.05) is 7.11 Å². The highest BCUT2D eigenvalue weighted by atomic mass is 35.5. The number of para-hydroxylation sites is 1. The number of carbonyl (C=O) groups excluding carboxylic acids is 1. The van der Waals surface area contributed by atoms with Crippen LogP contribution in [0.5, 0.6) is 5.75 Å². The number of hydrogen-bond donors (Lipinski definition) is 0. The first kappa shape index (κ1) is 15.6. The summed E-state index contributed by atoms with van der Waals surface area (Å²) < 4.78 is 5.27. The maximum atomic E-state index is 11.5. The van der Waals surface area contributed by atoms with Gasteiger partial charge in [-0.05, 0) is 24.3 Å². The number of carboxylic acids is 1. The average molecular weight is 347 g/mol. The normalized spacial score (nSPS) is 10.7. The fraction of sp³-hybridized carbons (Fsp3) is 0.0588. The van der Waals surface area contributed by atoms with E-state index >= 15 is 0 Å². The van der Waals surface area contributed by atoms with Gasteiger partial charge < -0.3 is 14.6 Å². The first-order chi connectivity index (χ1) is 11.0. The van der Waals surface area contributed by atoms with Crippen LogP contribution < -0.4 is 9.84 Å². The Hall–Kier alpha value is -2.30. The van der Waals surface area contributed by atoms with Crippen molar-refractivity contribution < 1.29 is 14.6 Å². The summed E-state index contributed by atoms with van der Waals surface area (Å²) >= 11 is 12.4. The minimum Gasteiger partial charge on any atom is -0.545 e. The lowest BCUT2D eigenvalue weighted by molar-refractivity contribution is -0.254. The third-order valence-electron chi connectivity index (χ3n) is 3.46. The molecule has 0 bridgehead atoms. The number of hydrogen-bond acceptors (Lipinski definition) is 4. The Bertz CT molecular complexity index is 905. The molecule has 0 amide bonds. The zero-order valence-corrected chi connectivity index (χ0v) is 13.5. The summed E-state index contributed by atoms with van der Waals surface area (Å²) in [7, 11) is 1.49. The summed E-state index contributed by atoms with van der Waals surface area (Å²) in [5, 5.41) is 12.7. The first-order valence-corrected chi connectivity index (χ1v) is 7.42. The van der Waals surface area contributed by atoms with Gasteiger partial charge in [0, 0.05) is 16.5 Å². The Morgan fingerprint density at radius 2 is 1.78 bits per heavy atom. The number of aromatic nitrogens is 1. The van der Waals surface area contributed by atoms with Crippen molar-refractivity contribution in [2.24, 2.45) is 0 Å². The number of methoxy groups -OCH3 is 1. The second kappa shape index (κ2) is 6.07. The fourth-order valence-corrected chi connectivity index (χ4v) is 3.02. The molecule has 23 heavy (non-hydrogen) atoms. The molecule has 0 aliphatic carbocycles. The molecular formula is C17H10Cl2NO3-. The van der Waals surface area contributed by atoms with Crippen molar-refractivity contribution in [1.29, 1.82) is 0 Å². The van der Waals surface area contributed by atoms with Crippen LogP contribution in [0, 0.1) is 0 Å². The molecule has 6 heteroatoms. The van der Waals surface area contributed by atoms with Crippen molar-refractivity contribution in [3.05, 3.63) is 58.1 Å². The zero-order valence-electron chi connectivity index (χ0n) is 12.0. The van der Waals surface area contributed by atoms with Gasteiger partial charge in [0.1, 0.15) is 11.3 Å². The number of fused-ring (bicyclic) bond motifs is 1. The molecule has 0 atom stereocenters. The smallest absolute Gasteiger partial charge is 0.145 e. The van der Waals surface area contributed by atoms with Crippen molar-refractivity contribution >= 4 is 40.1 Å². The second-order valence-electron chi connectivity index (χ2n) is 4.80. The molecule has 0 radical (unpaired) electrons. The third kappa shape index (κ3) is 2.71. The number of benzene rings is 2. The molecule has 1 aromatic heterocycles. The van der Waals surface area contributed by atoms with E-state index in [1.165, 1.54) is 13.2 Å². The maximum absolute atomic E-state index is 11.5. The van der Waals surface area contributed by atoms with E-state index in [4.69, 9.17) is 27.9 Å². The summed E-state index contributed by atoms with van der Waals surface area (Å²) in [5.41, 5.74) is 1.21. The predicted molar refractivity (Wildman–Crippen MR) is 88.1 cm³/mol. The Morgan fingerprint density at radius 1 is 1.13 bits per heavy atom. The van der Waals surface area contributed by atoms with Crippen molar-refractivity contribution in [1.82, 2.24) is 4.98 Å². The van der Waals surface area contributed by atoms with Crippen LogP contribution in [0.3, 0.4) is 0 Å². The quantitative estimate of drug-likeness (QED) is 0.727. The van der Waals surface area contributed by atoms with Gasteiger partial charge in [-0.2, -0.15) is 0 Å². The number of carbonyl (C=O) groups is 1. The molecule has 0 aliphatic heterocycles. The van der Waals surface area contributed by atoms with E-state index < -0.39 is 5.97 Å². The van der Waals surface area contributed by atoms with Crippen LogP contribution in [0.15, 0.2) is 42.5 Å². The molecule has 4 nitrogen and oxygen atoms in total. The Morgan fingerprint density at radius 3 is 2.39 bits per heavy atom. The Kier molecular flexibility index (Phi) is 4.11. The molecule has 0 unspecified atom stereocenters. The summed E-state index contributed by atoms with van der Waals surface area (Å²) in [6, 6.07) is 11.5. The van der Waals surface area contributed by atoms with Gasteiger partial charge in [0.15, 0.2) is 0 Å². The molecule has 0 N–H and O–H groups in total. The van der Waals surface area contributed by atoms with E-state index in [1.54, 1.807) is 36.4 Å². The molecular weight excluding hydrogens is 337 g/mol. The van der Waals surface area contributed by atoms with Gasteiger partial charge in [-0.3, -0.25) is 0 Å². The summed E-state index contributed by atoms with van der Waals surface area (Å²) in [6.45, 7) is 0. The number of halogens is 2. The highest BCUT2D eigenvalue weighted by Gasteiger charge is 2.15.